The molecule has 3 nitrogen and oxygen atoms in total. The number of nitrogens with one attached hydrogen (secondary N) is 1. The van der Waals surface area contributed by atoms with Gasteiger partial charge in [-0.15, -0.1) is 0 Å². The van der Waals surface area contributed by atoms with E-state index in [2.05, 4.69) is 0 Å². The number of unbranched alkanes of at least 4 members (excludes halogenated alkanes) is 1. The van der Waals surface area contributed by atoms with Crippen LogP contribution in [0.4, 0.5) is 23.2 Å². The molecule has 8 heteroatoms. The van der Waals surface area contributed by atoms with E-state index in [-0.39, 0.29) is 10.6 Å². The molecule has 0 saturated heterocycles. The number of aryl methyl sites for hydroxylation is 1. The van der Waals surface area contributed by atoms with Gasteiger partial charge in [-0.05, 0) is 48.7 Å². The van der Waals surface area contributed by atoms with Crippen LogP contribution in [0.5, 0.6) is 0 Å². The summed E-state index contributed by atoms with van der Waals surface area (Å²) in [5.74, 6) is -1.46. The molecule has 2 rings (SSSR count). The lowest BCUT2D eigenvalue weighted by atomic mass is 10.1. The summed E-state index contributed by atoms with van der Waals surface area (Å²) in [5, 5.41) is 0. The number of anilines is 1. The number of hydrogen-bond acceptors (Lipinski definition) is 2. The van der Waals surface area contributed by atoms with E-state index in [0.29, 0.717) is 12.1 Å². The normalized spacial score (nSPS) is 12.2. The first-order valence-electron chi connectivity index (χ1n) is 7.62. The zero-order valence-electron chi connectivity index (χ0n) is 13.4. The summed E-state index contributed by atoms with van der Waals surface area (Å²) in [6, 6.07) is 8.06. The van der Waals surface area contributed by atoms with E-state index < -0.39 is 27.6 Å². The smallest absolute Gasteiger partial charge is 0.280 e. The van der Waals surface area contributed by atoms with Crippen molar-refractivity contribution < 1.29 is 26.0 Å². The monoisotopic (exact) mass is 375 g/mol. The van der Waals surface area contributed by atoms with E-state index in [0.717, 1.165) is 30.9 Å². The first-order chi connectivity index (χ1) is 11.6. The Balaban J connectivity index is 2.24. The second kappa shape index (κ2) is 7.43. The standard InChI is InChI=1S/C17H17F4NO2S/c1-2-3-4-12-5-8-14(9-6-12)25(23,24)22-13-7-10-16(18)15(11-13)17(19,20)21/h5-11,22H,2-4H2,1H3. The van der Waals surface area contributed by atoms with E-state index >= 15 is 0 Å². The van der Waals surface area contributed by atoms with E-state index in [1.54, 1.807) is 12.1 Å². The molecular weight excluding hydrogens is 358 g/mol. The van der Waals surface area contributed by atoms with Crippen molar-refractivity contribution in [2.75, 3.05) is 4.72 Å². The summed E-state index contributed by atoms with van der Waals surface area (Å²) < 4.78 is 78.0. The topological polar surface area (TPSA) is 46.2 Å². The molecule has 0 aliphatic rings. The van der Waals surface area contributed by atoms with Gasteiger partial charge in [0, 0.05) is 5.69 Å². The third kappa shape index (κ3) is 4.94. The van der Waals surface area contributed by atoms with Gasteiger partial charge in [-0.2, -0.15) is 13.2 Å². The van der Waals surface area contributed by atoms with E-state index in [1.807, 2.05) is 11.6 Å². The summed E-state index contributed by atoms with van der Waals surface area (Å²) in [5.41, 5.74) is -0.909. The predicted molar refractivity (Wildman–Crippen MR) is 87.3 cm³/mol. The zero-order valence-corrected chi connectivity index (χ0v) is 14.2. The first-order valence-corrected chi connectivity index (χ1v) is 9.10. The van der Waals surface area contributed by atoms with Gasteiger partial charge in [-0.1, -0.05) is 25.5 Å². The van der Waals surface area contributed by atoms with Crippen molar-refractivity contribution in [1.82, 2.24) is 0 Å². The van der Waals surface area contributed by atoms with Gasteiger partial charge < -0.3 is 0 Å². The Kier molecular flexibility index (Phi) is 5.72. The minimum absolute atomic E-state index is 0.0781. The van der Waals surface area contributed by atoms with Gasteiger partial charge in [-0.25, -0.2) is 12.8 Å². The number of alkyl halides is 3. The number of benzene rings is 2. The van der Waals surface area contributed by atoms with Gasteiger partial charge in [0.2, 0.25) is 0 Å². The zero-order chi connectivity index (χ0) is 18.7. The Bertz CT molecular complexity index is 831. The van der Waals surface area contributed by atoms with Gasteiger partial charge in [0.05, 0.1) is 10.5 Å². The molecule has 0 aliphatic carbocycles. The Morgan fingerprint density at radius 2 is 1.68 bits per heavy atom. The van der Waals surface area contributed by atoms with Gasteiger partial charge in [-0.3, -0.25) is 4.72 Å². The van der Waals surface area contributed by atoms with Crippen molar-refractivity contribution in [2.24, 2.45) is 0 Å². The molecule has 0 heterocycles. The molecule has 0 bridgehead atoms. The van der Waals surface area contributed by atoms with Crippen molar-refractivity contribution in [3.05, 3.63) is 59.4 Å². The Hall–Kier alpha value is -2.09. The van der Waals surface area contributed by atoms with Gasteiger partial charge in [0.15, 0.2) is 0 Å². The average Bonchev–Trinajstić information content (AvgIpc) is 2.54. The number of sulfonamides is 1. The quantitative estimate of drug-likeness (QED) is 0.723. The number of halogens is 4. The third-order valence-corrected chi connectivity index (χ3v) is 4.97. The maximum atomic E-state index is 13.3. The lowest BCUT2D eigenvalue weighted by molar-refractivity contribution is -0.139. The summed E-state index contributed by atoms with van der Waals surface area (Å²) in [7, 11) is -4.07. The minimum Gasteiger partial charge on any atom is -0.280 e. The fourth-order valence-electron chi connectivity index (χ4n) is 2.24. The van der Waals surface area contributed by atoms with Crippen LogP contribution in [-0.4, -0.2) is 8.42 Å². The van der Waals surface area contributed by atoms with Crippen LogP contribution in [0.3, 0.4) is 0 Å². The Morgan fingerprint density at radius 3 is 2.24 bits per heavy atom. The van der Waals surface area contributed by atoms with Crippen LogP contribution < -0.4 is 4.72 Å². The molecule has 0 aliphatic heterocycles. The van der Waals surface area contributed by atoms with Crippen LogP contribution in [0.2, 0.25) is 0 Å². The molecule has 0 spiro atoms. The maximum absolute atomic E-state index is 13.3. The lowest BCUT2D eigenvalue weighted by Gasteiger charge is -2.12. The van der Waals surface area contributed by atoms with Crippen LogP contribution in [-0.2, 0) is 22.6 Å². The van der Waals surface area contributed by atoms with Crippen LogP contribution in [0, 0.1) is 5.82 Å². The third-order valence-electron chi connectivity index (χ3n) is 3.58. The fraction of sp³-hybridized carbons (Fsp3) is 0.294. The largest absolute Gasteiger partial charge is 0.419 e. The second-order valence-corrected chi connectivity index (χ2v) is 7.23. The van der Waals surface area contributed by atoms with Crippen molar-refractivity contribution in [3.63, 3.8) is 0 Å². The summed E-state index contributed by atoms with van der Waals surface area (Å²) in [4.78, 5) is -0.0781. The minimum atomic E-state index is -4.91. The molecule has 0 fully saturated rings. The summed E-state index contributed by atoms with van der Waals surface area (Å²) >= 11 is 0. The van der Waals surface area contributed by atoms with E-state index in [4.69, 9.17) is 0 Å². The highest BCUT2D eigenvalue weighted by atomic mass is 32.2. The van der Waals surface area contributed by atoms with Gasteiger partial charge in [0.1, 0.15) is 5.82 Å². The second-order valence-electron chi connectivity index (χ2n) is 5.55. The molecule has 2 aromatic carbocycles. The van der Waals surface area contributed by atoms with Crippen LogP contribution in [0.1, 0.15) is 30.9 Å². The van der Waals surface area contributed by atoms with Crippen molar-refractivity contribution >= 4 is 15.7 Å². The molecule has 0 amide bonds. The molecule has 1 N–H and O–H groups in total. The summed E-state index contributed by atoms with van der Waals surface area (Å²) in [6.07, 6.45) is -2.11. The molecular formula is C17H17F4NO2S. The predicted octanol–water partition coefficient (Wildman–Crippen LogP) is 4.99. The lowest BCUT2D eigenvalue weighted by Crippen LogP contribution is -2.15. The molecule has 0 radical (unpaired) electrons. The molecule has 136 valence electrons. The van der Waals surface area contributed by atoms with Crippen LogP contribution in [0.25, 0.3) is 0 Å². The summed E-state index contributed by atoms with van der Waals surface area (Å²) in [6.45, 7) is 2.04. The number of hydrogen-bond donors (Lipinski definition) is 1. The van der Waals surface area contributed by atoms with Crippen molar-refractivity contribution in [2.45, 2.75) is 37.3 Å². The number of rotatable bonds is 6. The molecule has 0 saturated carbocycles. The average molecular weight is 375 g/mol. The van der Waals surface area contributed by atoms with Crippen molar-refractivity contribution in [1.29, 1.82) is 0 Å². The molecule has 0 atom stereocenters. The molecule has 0 unspecified atom stereocenters. The Morgan fingerprint density at radius 1 is 1.04 bits per heavy atom. The van der Waals surface area contributed by atoms with Gasteiger partial charge in [0.25, 0.3) is 10.0 Å². The molecule has 0 aromatic heterocycles. The highest BCUT2D eigenvalue weighted by Crippen LogP contribution is 2.33. The van der Waals surface area contributed by atoms with Crippen LogP contribution >= 0.6 is 0 Å². The van der Waals surface area contributed by atoms with Crippen LogP contribution in [0.15, 0.2) is 47.4 Å². The highest BCUT2D eigenvalue weighted by molar-refractivity contribution is 7.92. The van der Waals surface area contributed by atoms with Gasteiger partial charge >= 0.3 is 6.18 Å². The van der Waals surface area contributed by atoms with Crippen molar-refractivity contribution in [3.8, 4) is 0 Å². The molecule has 25 heavy (non-hydrogen) atoms. The maximum Gasteiger partial charge on any atom is 0.419 e. The van der Waals surface area contributed by atoms with E-state index in [1.165, 1.54) is 12.1 Å². The first kappa shape index (κ1) is 19.2. The Labute approximate surface area is 143 Å². The fourth-order valence-corrected chi connectivity index (χ4v) is 3.29. The SMILES string of the molecule is CCCCc1ccc(S(=O)(=O)Nc2ccc(F)c(C(F)(F)F)c2)cc1. The highest BCUT2D eigenvalue weighted by Gasteiger charge is 2.34. The molecule has 2 aromatic rings. The van der Waals surface area contributed by atoms with E-state index in [9.17, 15) is 26.0 Å².